The lowest BCUT2D eigenvalue weighted by atomic mass is 10.0. The van der Waals surface area contributed by atoms with Crippen LogP contribution in [0, 0.1) is 0 Å². The maximum absolute atomic E-state index is 12.5. The molecule has 2 aliphatic rings. The van der Waals surface area contributed by atoms with Gasteiger partial charge in [-0.05, 0) is 31.9 Å². The van der Waals surface area contributed by atoms with E-state index in [9.17, 15) is 9.59 Å². The Morgan fingerprint density at radius 1 is 1.39 bits per heavy atom. The molecule has 4 rings (SSSR count). The van der Waals surface area contributed by atoms with Gasteiger partial charge in [-0.1, -0.05) is 29.8 Å². The van der Waals surface area contributed by atoms with E-state index in [2.05, 4.69) is 15.2 Å². The fourth-order valence-corrected chi connectivity index (χ4v) is 4.28. The predicted molar refractivity (Wildman–Crippen MR) is 120 cm³/mol. The minimum atomic E-state index is -0.350. The number of nitrogens with zero attached hydrogens (tertiary/aromatic N) is 3. The average molecular weight is 447 g/mol. The fourth-order valence-electron chi connectivity index (χ4n) is 4.00. The van der Waals surface area contributed by atoms with Crippen LogP contribution in [0.1, 0.15) is 37.1 Å². The number of benzene rings is 1. The Bertz CT molecular complexity index is 984. The number of carbonyl (C=O) groups excluding carboxylic acids is 2. The molecule has 8 nitrogen and oxygen atoms in total. The number of hydrogen-bond acceptors (Lipinski definition) is 6. The maximum atomic E-state index is 12.5. The van der Waals surface area contributed by atoms with Crippen LogP contribution in [-0.2, 0) is 11.3 Å². The van der Waals surface area contributed by atoms with Gasteiger partial charge in [0.05, 0.1) is 22.9 Å². The van der Waals surface area contributed by atoms with Crippen LogP contribution in [0.25, 0.3) is 0 Å². The van der Waals surface area contributed by atoms with Crippen molar-refractivity contribution in [3.05, 3.63) is 52.7 Å². The highest BCUT2D eigenvalue weighted by atomic mass is 35.5. The summed E-state index contributed by atoms with van der Waals surface area (Å²) in [5.74, 6) is 0.289. The molecular formula is C22H27ClN4O4. The molecule has 0 bridgehead atoms. The number of aliphatic hydroxyl groups excluding tert-OH is 1. The van der Waals surface area contributed by atoms with Crippen LogP contribution in [0.4, 0.5) is 16.3 Å². The van der Waals surface area contributed by atoms with Gasteiger partial charge in [-0.2, -0.15) is 0 Å². The van der Waals surface area contributed by atoms with E-state index >= 15 is 0 Å². The molecule has 3 heterocycles. The number of fused-ring (bicyclic) bond motifs is 1. The number of ether oxygens (including phenoxy) is 1. The molecule has 166 valence electrons. The van der Waals surface area contributed by atoms with Crippen molar-refractivity contribution >= 4 is 35.1 Å². The number of pyridine rings is 1. The maximum Gasteiger partial charge on any atom is 0.414 e. The molecule has 2 aromatic rings. The van der Waals surface area contributed by atoms with E-state index in [1.165, 1.54) is 6.20 Å². The van der Waals surface area contributed by atoms with Gasteiger partial charge in [-0.3, -0.25) is 9.69 Å². The number of piperidine rings is 1. The number of para-hydroxylation sites is 1. The number of cyclic esters (lactones) is 1. The normalized spacial score (nSPS) is 17.7. The molecule has 0 spiro atoms. The largest absolute Gasteiger partial charge is 0.444 e. The van der Waals surface area contributed by atoms with Gasteiger partial charge in [-0.15, -0.1) is 0 Å². The average Bonchev–Trinajstić information content (AvgIpc) is 2.79. The topological polar surface area (TPSA) is 95.0 Å². The SMILES string of the molecule is CC(CO)NC(=O)c1cnc(N2CCC(N3C(=O)OCc4ccccc43)CC2)c(Cl)c1.[HH]. The van der Waals surface area contributed by atoms with Crippen LogP contribution in [0.5, 0.6) is 0 Å². The summed E-state index contributed by atoms with van der Waals surface area (Å²) in [4.78, 5) is 32.9. The van der Waals surface area contributed by atoms with Gasteiger partial charge in [0.1, 0.15) is 12.4 Å². The number of anilines is 2. The first-order valence-corrected chi connectivity index (χ1v) is 10.7. The molecular weight excluding hydrogens is 420 g/mol. The Morgan fingerprint density at radius 2 is 2.13 bits per heavy atom. The number of aliphatic hydroxyl groups is 1. The van der Waals surface area contributed by atoms with Gasteiger partial charge in [0.15, 0.2) is 0 Å². The fraction of sp³-hybridized carbons (Fsp3) is 0.409. The van der Waals surface area contributed by atoms with Gasteiger partial charge in [0.2, 0.25) is 0 Å². The van der Waals surface area contributed by atoms with E-state index in [0.29, 0.717) is 36.1 Å². The molecule has 2 N–H and O–H groups in total. The summed E-state index contributed by atoms with van der Waals surface area (Å²) in [5.41, 5.74) is 2.27. The van der Waals surface area contributed by atoms with Crippen LogP contribution in [0.15, 0.2) is 36.5 Å². The second kappa shape index (κ2) is 9.11. The molecule has 1 fully saturated rings. The van der Waals surface area contributed by atoms with Gasteiger partial charge in [0.25, 0.3) is 5.91 Å². The van der Waals surface area contributed by atoms with Gasteiger partial charge in [-0.25, -0.2) is 9.78 Å². The van der Waals surface area contributed by atoms with E-state index in [-0.39, 0.29) is 32.1 Å². The van der Waals surface area contributed by atoms with E-state index in [1.807, 2.05) is 24.3 Å². The summed E-state index contributed by atoms with van der Waals surface area (Å²) in [7, 11) is 0. The molecule has 1 aromatic carbocycles. The Hall–Kier alpha value is -2.84. The van der Waals surface area contributed by atoms with E-state index in [4.69, 9.17) is 21.4 Å². The molecule has 1 atom stereocenters. The predicted octanol–water partition coefficient (Wildman–Crippen LogP) is 3.22. The molecule has 1 aromatic heterocycles. The standard InChI is InChI=1S/C22H25ClN4O4.H2/c1-14(12-28)25-21(29)16-10-18(23)20(24-11-16)26-8-6-17(7-9-26)27-19-5-3-2-4-15(19)13-31-22(27)30;/h2-5,10-11,14,17,28H,6-9,12-13H2,1H3,(H,25,29);1H. The first-order valence-electron chi connectivity index (χ1n) is 10.3. The van der Waals surface area contributed by atoms with Gasteiger partial charge < -0.3 is 20.1 Å². The first kappa shape index (κ1) is 21.4. The van der Waals surface area contributed by atoms with Crippen LogP contribution >= 0.6 is 11.6 Å². The first-order chi connectivity index (χ1) is 15.0. The van der Waals surface area contributed by atoms with E-state index in [1.54, 1.807) is 17.9 Å². The summed E-state index contributed by atoms with van der Waals surface area (Å²) >= 11 is 6.43. The van der Waals surface area contributed by atoms with Crippen molar-refractivity contribution in [1.82, 2.24) is 10.3 Å². The highest BCUT2D eigenvalue weighted by Crippen LogP contribution is 2.33. The zero-order chi connectivity index (χ0) is 22.0. The summed E-state index contributed by atoms with van der Waals surface area (Å²) < 4.78 is 5.36. The minimum Gasteiger partial charge on any atom is -0.444 e. The van der Waals surface area contributed by atoms with Crippen molar-refractivity contribution in [2.75, 3.05) is 29.5 Å². The summed E-state index contributed by atoms with van der Waals surface area (Å²) in [5, 5.41) is 12.2. The molecule has 2 amide bonds. The van der Waals surface area contributed by atoms with Crippen LogP contribution in [0.2, 0.25) is 5.02 Å². The van der Waals surface area contributed by atoms with Crippen molar-refractivity contribution in [3.8, 4) is 0 Å². The van der Waals surface area contributed by atoms with Gasteiger partial charge in [0, 0.05) is 38.4 Å². The number of aromatic nitrogens is 1. The van der Waals surface area contributed by atoms with E-state index in [0.717, 1.165) is 24.1 Å². The Labute approximate surface area is 187 Å². The van der Waals surface area contributed by atoms with Gasteiger partial charge >= 0.3 is 6.09 Å². The monoisotopic (exact) mass is 446 g/mol. The zero-order valence-corrected chi connectivity index (χ0v) is 18.0. The number of hydrogen-bond donors (Lipinski definition) is 2. The number of amides is 2. The van der Waals surface area contributed by atoms with Crippen molar-refractivity contribution < 1.29 is 20.9 Å². The van der Waals surface area contributed by atoms with Crippen molar-refractivity contribution in [2.24, 2.45) is 0 Å². The lowest BCUT2D eigenvalue weighted by Crippen LogP contribution is -2.49. The molecule has 1 unspecified atom stereocenters. The summed E-state index contributed by atoms with van der Waals surface area (Å²) in [6, 6.07) is 9.09. The second-order valence-corrected chi connectivity index (χ2v) is 8.27. The minimum absolute atomic E-state index is 0. The summed E-state index contributed by atoms with van der Waals surface area (Å²) in [6.45, 7) is 3.23. The van der Waals surface area contributed by atoms with Crippen molar-refractivity contribution in [2.45, 2.75) is 38.5 Å². The Kier molecular flexibility index (Phi) is 6.29. The smallest absolute Gasteiger partial charge is 0.414 e. The lowest BCUT2D eigenvalue weighted by Gasteiger charge is -2.40. The Balaban J connectivity index is 0.00000289. The van der Waals surface area contributed by atoms with E-state index < -0.39 is 0 Å². The van der Waals surface area contributed by atoms with Crippen molar-refractivity contribution in [1.29, 1.82) is 0 Å². The van der Waals surface area contributed by atoms with Crippen LogP contribution < -0.4 is 15.1 Å². The second-order valence-electron chi connectivity index (χ2n) is 7.86. The molecule has 2 aliphatic heterocycles. The molecule has 9 heteroatoms. The summed E-state index contributed by atoms with van der Waals surface area (Å²) in [6.07, 6.45) is 2.68. The molecule has 0 saturated carbocycles. The number of rotatable bonds is 5. The molecule has 0 aliphatic carbocycles. The number of nitrogens with one attached hydrogen (secondary N) is 1. The highest BCUT2D eigenvalue weighted by molar-refractivity contribution is 6.33. The third kappa shape index (κ3) is 4.45. The van der Waals surface area contributed by atoms with Crippen LogP contribution in [0.3, 0.4) is 0 Å². The lowest BCUT2D eigenvalue weighted by molar-refractivity contribution is 0.0922. The molecule has 31 heavy (non-hydrogen) atoms. The molecule has 1 saturated heterocycles. The molecule has 0 radical (unpaired) electrons. The zero-order valence-electron chi connectivity index (χ0n) is 17.3. The number of carbonyl (C=O) groups is 2. The Morgan fingerprint density at radius 3 is 2.84 bits per heavy atom. The van der Waals surface area contributed by atoms with Crippen LogP contribution in [-0.4, -0.2) is 53.9 Å². The highest BCUT2D eigenvalue weighted by Gasteiger charge is 2.34. The third-order valence-corrected chi connectivity index (χ3v) is 5.94. The van der Waals surface area contributed by atoms with Crippen molar-refractivity contribution in [3.63, 3.8) is 0 Å². The quantitative estimate of drug-likeness (QED) is 0.732. The number of halogens is 1. The third-order valence-electron chi connectivity index (χ3n) is 5.66.